The summed E-state index contributed by atoms with van der Waals surface area (Å²) in [7, 11) is 0. The van der Waals surface area contributed by atoms with Crippen molar-refractivity contribution in [2.24, 2.45) is 11.8 Å². The van der Waals surface area contributed by atoms with Gasteiger partial charge < -0.3 is 0 Å². The molecule has 3 heteroatoms. The Morgan fingerprint density at radius 1 is 0.582 bits per heavy atom. The zero-order chi connectivity index (χ0) is 39.3. The van der Waals surface area contributed by atoms with Gasteiger partial charge in [0.05, 0.1) is 0 Å². The van der Waals surface area contributed by atoms with Gasteiger partial charge in [0.1, 0.15) is 0 Å². The minimum atomic E-state index is -5.15. The quantitative estimate of drug-likeness (QED) is 0.165. The van der Waals surface area contributed by atoms with Gasteiger partial charge >= 0.3 is 327 Å². The van der Waals surface area contributed by atoms with Crippen molar-refractivity contribution >= 4 is 38.8 Å². The van der Waals surface area contributed by atoms with Crippen LogP contribution in [0.4, 0.5) is 0 Å². The van der Waals surface area contributed by atoms with Gasteiger partial charge in [0, 0.05) is 0 Å². The van der Waals surface area contributed by atoms with Crippen molar-refractivity contribution in [3.05, 3.63) is 133 Å². The van der Waals surface area contributed by atoms with Crippen molar-refractivity contribution in [1.82, 2.24) is 0 Å². The number of allylic oxidation sites excluding steroid dienone is 4. The molecular formula is C52H70Cl2Zr. The van der Waals surface area contributed by atoms with E-state index in [1.807, 2.05) is 0 Å². The Hall–Kier alpha value is -2.31. The average molecular weight is 857 g/mol. The van der Waals surface area contributed by atoms with Gasteiger partial charge in [-0.15, -0.1) is 24.8 Å². The molecule has 1 unspecified atom stereocenters. The maximum atomic E-state index is 6.01. The second kappa shape index (κ2) is 14.8. The molecule has 0 nitrogen and oxygen atoms in total. The molecule has 55 heavy (non-hydrogen) atoms. The molecule has 1 atom stereocenters. The van der Waals surface area contributed by atoms with Crippen molar-refractivity contribution in [3.63, 3.8) is 0 Å². The second-order valence-corrected chi connectivity index (χ2v) is 34.0. The van der Waals surface area contributed by atoms with Crippen LogP contribution in [0.25, 0.3) is 11.1 Å². The molecule has 0 spiro atoms. The second-order valence-electron chi connectivity index (χ2n) is 21.3. The van der Waals surface area contributed by atoms with Gasteiger partial charge in [0.25, 0.3) is 0 Å². The molecule has 0 bridgehead atoms. The summed E-state index contributed by atoms with van der Waals surface area (Å²) < 4.78 is 12.1. The van der Waals surface area contributed by atoms with Crippen molar-refractivity contribution in [3.8, 4) is 11.1 Å². The van der Waals surface area contributed by atoms with Crippen LogP contribution >= 0.6 is 24.8 Å². The van der Waals surface area contributed by atoms with E-state index in [2.05, 4.69) is 196 Å². The summed E-state index contributed by atoms with van der Waals surface area (Å²) in [5.74, 6) is 0.728. The zero-order valence-electron chi connectivity index (χ0n) is 37.0. The SMILES string of the molecule is Cl.Cl.[CH2]=[Zr]([C]1=C(C)C(C(C)C)=CC1C)([c]1ccc(C(C)(C)C)cc1)([c]1ccc(C(C)(C)C)cc1)[c]1cc(C(C)(C)C)cc2c1Cc1ccc(C(C)(C)C)cc1-2. The van der Waals surface area contributed by atoms with E-state index in [0.29, 0.717) is 5.92 Å². The van der Waals surface area contributed by atoms with Gasteiger partial charge in [-0.05, 0) is 0 Å². The van der Waals surface area contributed by atoms with Crippen LogP contribution in [-0.4, -0.2) is 4.21 Å². The standard InChI is InChI=1S/C21H25.C10H15.2C10H13.CH2.2ClH.Zr/c1-20(2,3)16-9-7-14-11-15-8-10-17(21(4,5)6)13-19(15)18(14)12-16;1-7(2)10-6-8(3)5-9(10)4;2*1-10(2,3)9-7-5-4-6-8-9;;;;/h7,9-10,12-13H,11H2,1-6H3;6-8H,1-4H3;2*5-8H,1-3H3;1H2;2*1H;. The predicted octanol–water partition coefficient (Wildman–Crippen LogP) is 13.2. The molecule has 0 aromatic heterocycles. The van der Waals surface area contributed by atoms with Crippen molar-refractivity contribution < 1.29 is 18.3 Å². The number of hydrogen-bond donors (Lipinski definition) is 0. The molecule has 0 saturated heterocycles. The summed E-state index contributed by atoms with van der Waals surface area (Å²) in [6.07, 6.45) is 3.54. The van der Waals surface area contributed by atoms with Crippen LogP contribution in [0.2, 0.25) is 0 Å². The Morgan fingerprint density at radius 3 is 1.40 bits per heavy atom. The molecule has 4 aromatic rings. The Bertz CT molecular complexity index is 2150. The Balaban J connectivity index is 0.00000336. The van der Waals surface area contributed by atoms with E-state index in [-0.39, 0.29) is 52.4 Å². The van der Waals surface area contributed by atoms with Crippen molar-refractivity contribution in [1.29, 1.82) is 0 Å². The summed E-state index contributed by atoms with van der Waals surface area (Å²) in [6, 6.07) is 32.4. The minimum absolute atomic E-state index is 0. The first-order chi connectivity index (χ1) is 24.3. The van der Waals surface area contributed by atoms with Gasteiger partial charge in [0.15, 0.2) is 0 Å². The molecule has 0 N–H and O–H groups in total. The number of hydrogen-bond acceptors (Lipinski definition) is 0. The molecule has 296 valence electrons. The monoisotopic (exact) mass is 854 g/mol. The van der Waals surface area contributed by atoms with E-state index in [0.717, 1.165) is 6.42 Å². The Labute approximate surface area is 349 Å². The molecule has 0 aliphatic heterocycles. The van der Waals surface area contributed by atoms with Crippen LogP contribution in [0.1, 0.15) is 144 Å². The van der Waals surface area contributed by atoms with E-state index in [4.69, 9.17) is 4.21 Å². The molecular weight excluding hydrogens is 787 g/mol. The predicted molar refractivity (Wildman–Crippen MR) is 248 cm³/mol. The average Bonchev–Trinajstić information content (AvgIpc) is 3.58. The first-order valence-corrected chi connectivity index (χ1v) is 26.9. The van der Waals surface area contributed by atoms with Gasteiger partial charge in [-0.3, -0.25) is 0 Å². The van der Waals surface area contributed by atoms with E-state index < -0.39 is 18.3 Å². The molecule has 0 radical (unpaired) electrons. The van der Waals surface area contributed by atoms with E-state index in [1.165, 1.54) is 65.5 Å². The number of benzene rings is 4. The van der Waals surface area contributed by atoms with Gasteiger partial charge in [-0.25, -0.2) is 0 Å². The summed E-state index contributed by atoms with van der Waals surface area (Å²) >= 11 is -5.15. The van der Waals surface area contributed by atoms with Crippen LogP contribution in [0.15, 0.2) is 99.4 Å². The van der Waals surface area contributed by atoms with Crippen LogP contribution in [-0.2, 0) is 46.4 Å². The van der Waals surface area contributed by atoms with Gasteiger partial charge in [-0.2, -0.15) is 0 Å². The van der Waals surface area contributed by atoms with Crippen molar-refractivity contribution in [2.75, 3.05) is 0 Å². The maximum absolute atomic E-state index is 6.01. The van der Waals surface area contributed by atoms with Crippen molar-refractivity contribution in [2.45, 2.75) is 139 Å². The van der Waals surface area contributed by atoms with Crippen LogP contribution in [0.3, 0.4) is 0 Å². The van der Waals surface area contributed by atoms with Gasteiger partial charge in [0.2, 0.25) is 0 Å². The molecule has 0 saturated carbocycles. The first-order valence-electron chi connectivity index (χ1n) is 20.3. The zero-order valence-corrected chi connectivity index (χ0v) is 41.1. The fourth-order valence-corrected chi connectivity index (χ4v) is 27.2. The van der Waals surface area contributed by atoms with Gasteiger partial charge in [-0.1, -0.05) is 0 Å². The molecule has 2 aliphatic carbocycles. The molecule has 4 aromatic carbocycles. The number of rotatable bonds is 5. The van der Waals surface area contributed by atoms with E-state index in [9.17, 15) is 0 Å². The van der Waals surface area contributed by atoms with E-state index >= 15 is 0 Å². The topological polar surface area (TPSA) is 0 Å². The number of fused-ring (bicyclic) bond motifs is 3. The fraction of sp³-hybridized carbons (Fsp3) is 0.442. The molecule has 2 aliphatic rings. The third-order valence-electron chi connectivity index (χ3n) is 13.1. The number of halogens is 2. The van der Waals surface area contributed by atoms with Crippen LogP contribution in [0, 0.1) is 11.8 Å². The first kappa shape index (κ1) is 45.4. The third-order valence-corrected chi connectivity index (χ3v) is 29.9. The molecule has 0 heterocycles. The summed E-state index contributed by atoms with van der Waals surface area (Å²) in [6.45, 7) is 37.8. The van der Waals surface area contributed by atoms with E-state index in [1.54, 1.807) is 3.28 Å². The Morgan fingerprint density at radius 2 is 1.00 bits per heavy atom. The molecule has 6 rings (SSSR count). The van der Waals surface area contributed by atoms with Crippen LogP contribution < -0.4 is 9.81 Å². The third kappa shape index (κ3) is 7.47. The fourth-order valence-electron chi connectivity index (χ4n) is 9.79. The summed E-state index contributed by atoms with van der Waals surface area (Å²) in [5, 5.41) is 0. The normalized spacial score (nSPS) is 16.4. The van der Waals surface area contributed by atoms with Crippen LogP contribution in [0.5, 0.6) is 0 Å². The summed E-state index contributed by atoms with van der Waals surface area (Å²) in [4.78, 5) is 0. The molecule has 0 amide bonds. The molecule has 0 fully saturated rings. The Kier molecular flexibility index (Phi) is 12.2. The summed E-state index contributed by atoms with van der Waals surface area (Å²) in [5.41, 5.74) is 14.5.